The molecular weight excluding hydrogens is 635 g/mol. The molecule has 0 unspecified atom stereocenters. The molecule has 0 heterocycles. The van der Waals surface area contributed by atoms with Crippen LogP contribution in [0.3, 0.4) is 0 Å². The summed E-state index contributed by atoms with van der Waals surface area (Å²) in [6.45, 7) is 9.65. The summed E-state index contributed by atoms with van der Waals surface area (Å²) in [5.74, 6) is -1.13. The molecule has 1 radical (unpaired) electrons. The number of carbonyl (C=O) groups excluding carboxylic acids is 3. The SMILES string of the molecule is C=CC(=O)NCNC(=O)C=C.C=CC(N)=O.S=BI.[Am].[CH3-]. The minimum atomic E-state index is -0.481. The van der Waals surface area contributed by atoms with Gasteiger partial charge in [0.15, 0.2) is 0 Å². The Morgan fingerprint density at radius 2 is 1.33 bits per heavy atom. The van der Waals surface area contributed by atoms with Crippen molar-refractivity contribution in [3.8, 4) is 0 Å². The molecule has 0 fully saturated rings. The van der Waals surface area contributed by atoms with Crippen molar-refractivity contribution in [2.24, 2.45) is 5.73 Å². The van der Waals surface area contributed by atoms with E-state index < -0.39 is 5.91 Å². The van der Waals surface area contributed by atoms with Crippen molar-refractivity contribution in [2.45, 2.75) is 0 Å². The first-order valence-corrected chi connectivity index (χ1v) is 6.37. The number of primary amides is 1. The molecule has 21 heavy (non-hydrogen) atoms. The van der Waals surface area contributed by atoms with Crippen molar-refractivity contribution in [2.75, 3.05) is 6.67 Å². The summed E-state index contributed by atoms with van der Waals surface area (Å²) in [6, 6.07) is 0. The van der Waals surface area contributed by atoms with Crippen LogP contribution < -0.4 is 16.4 Å². The average Bonchev–Trinajstić information content (AvgIpc) is 2.39. The van der Waals surface area contributed by atoms with Gasteiger partial charge in [0.1, 0.15) is 0 Å². The molecule has 10 heteroatoms. The maximum Gasteiger partial charge on any atom is 0 e. The first-order chi connectivity index (χ1) is 8.89. The zero-order chi connectivity index (χ0) is 15.7. The van der Waals surface area contributed by atoms with Gasteiger partial charge in [-0.1, -0.05) is 19.7 Å². The Balaban J connectivity index is -0.0000000726. The van der Waals surface area contributed by atoms with Crippen LogP contribution in [-0.2, 0) is 14.4 Å². The van der Waals surface area contributed by atoms with E-state index in [9.17, 15) is 14.4 Å². The third kappa shape index (κ3) is 45.4. The summed E-state index contributed by atoms with van der Waals surface area (Å²) in [7, 11) is 0. The van der Waals surface area contributed by atoms with Crippen molar-refractivity contribution >= 4 is 56.2 Å². The molecule has 119 valence electrons. The second-order valence-electron chi connectivity index (χ2n) is 2.36. The fourth-order valence-electron chi connectivity index (χ4n) is 0.363. The van der Waals surface area contributed by atoms with Gasteiger partial charge in [-0.15, -0.1) is 0 Å². The van der Waals surface area contributed by atoms with Gasteiger partial charge in [0.25, 0.3) is 0 Å². The normalized spacial score (nSPS) is 6.14. The van der Waals surface area contributed by atoms with Crippen LogP contribution in [-0.4, -0.2) is 28.4 Å². The second-order valence-corrected chi connectivity index (χ2v) is 4.07. The molecule has 6 nitrogen and oxygen atoms in total. The molecule has 0 rings (SSSR count). The number of hydrogen-bond donors (Lipinski definition) is 3. The van der Waals surface area contributed by atoms with Crippen LogP contribution in [0.1, 0.15) is 0 Å². The van der Waals surface area contributed by atoms with Crippen LogP contribution in [0.5, 0.6) is 0 Å². The van der Waals surface area contributed by atoms with Gasteiger partial charge in [-0.3, -0.25) is 14.4 Å². The Morgan fingerprint density at radius 3 is 1.48 bits per heavy atom. The summed E-state index contributed by atoms with van der Waals surface area (Å²) in [4.78, 5) is 30.4. The molecule has 0 spiro atoms. The summed E-state index contributed by atoms with van der Waals surface area (Å²) >= 11 is 6.23. The number of nitrogens with two attached hydrogens (primary N) is 1. The molecule has 0 aromatic heterocycles. The molecule has 0 saturated heterocycles. The molecule has 0 bridgehead atoms. The van der Waals surface area contributed by atoms with Crippen LogP contribution in [0, 0.1) is 21.7 Å². The van der Waals surface area contributed by atoms with E-state index in [4.69, 9.17) is 0 Å². The van der Waals surface area contributed by atoms with E-state index in [-0.39, 0.29) is 40.2 Å². The van der Waals surface area contributed by atoms with Crippen LogP contribution in [0.15, 0.2) is 38.0 Å². The van der Waals surface area contributed by atoms with Gasteiger partial charge in [0.2, 0.25) is 17.7 Å². The second kappa shape index (κ2) is 27.4. The van der Waals surface area contributed by atoms with E-state index in [2.05, 4.69) is 48.2 Å². The average molecular weight is 653 g/mol. The predicted octanol–water partition coefficient (Wildman–Crippen LogP) is 0.809. The number of halogens is 1. The minimum absolute atomic E-state index is 0. The van der Waals surface area contributed by atoms with Gasteiger partial charge < -0.3 is 23.8 Å². The molecule has 0 saturated carbocycles. The van der Waals surface area contributed by atoms with E-state index >= 15 is 0 Å². The third-order valence-corrected chi connectivity index (χ3v) is 1.10. The molecule has 0 aliphatic carbocycles. The monoisotopic (exact) mass is 651 g/mol. The Bertz CT molecular complexity index is 338. The number of carbonyl (C=O) groups is 3. The minimum Gasteiger partial charge on any atom is -0.358 e. The molecule has 0 aromatic rings. The van der Waals surface area contributed by atoms with Crippen molar-refractivity contribution in [1.82, 2.24) is 10.6 Å². The quantitative estimate of drug-likeness (QED) is 0.135. The van der Waals surface area contributed by atoms with Gasteiger partial charge in [-0.2, -0.15) is 0 Å². The molecule has 4 N–H and O–H groups in total. The summed E-state index contributed by atoms with van der Waals surface area (Å²) in [5.41, 5.74) is 4.53. The van der Waals surface area contributed by atoms with E-state index in [1.165, 1.54) is 0 Å². The Kier molecular flexibility index (Phi) is 41.9. The molecule has 0 aromatic carbocycles. The fraction of sp³-hybridized carbons (Fsp3) is 0.0909. The summed E-state index contributed by atoms with van der Waals surface area (Å²) in [6.07, 6.45) is 3.31. The van der Waals surface area contributed by atoms with Crippen molar-refractivity contribution in [1.29, 1.82) is 0 Å². The van der Waals surface area contributed by atoms with Gasteiger partial charge in [0.05, 0.1) is 6.67 Å². The number of hydrogen-bond acceptors (Lipinski definition) is 4. The maximum absolute atomic E-state index is 10.5. The van der Waals surface area contributed by atoms with E-state index in [1.807, 2.05) is 22.4 Å². The third-order valence-electron chi connectivity index (χ3n) is 1.10. The smallest absolute Gasteiger partial charge is 0 e. The van der Waals surface area contributed by atoms with Crippen molar-refractivity contribution in [3.63, 3.8) is 0 Å². The number of rotatable bonds is 5. The molecule has 3 amide bonds. The Labute approximate surface area is 152 Å². The molecule has 0 aliphatic rings. The van der Waals surface area contributed by atoms with Crippen molar-refractivity contribution in [3.05, 3.63) is 45.4 Å². The molecule has 0 aliphatic heterocycles. The number of nitrogens with one attached hydrogen (secondary N) is 2. The Morgan fingerprint density at radius 1 is 1.10 bits per heavy atom. The zero-order valence-corrected chi connectivity index (χ0v) is 17.7. The van der Waals surface area contributed by atoms with Crippen LogP contribution in [0.25, 0.3) is 0 Å². The van der Waals surface area contributed by atoms with Gasteiger partial charge >= 0.3 is 38.4 Å². The number of amides is 3. The maximum atomic E-state index is 10.5. The predicted molar refractivity (Wildman–Crippen MR) is 94.7 cm³/mol. The Hall–Kier alpha value is -0.965. The van der Waals surface area contributed by atoms with Crippen LogP contribution in [0.2, 0.25) is 0 Å². The van der Waals surface area contributed by atoms with E-state index in [1.54, 1.807) is 4.01 Å². The largest absolute Gasteiger partial charge is 0.358 e. The zero-order valence-electron chi connectivity index (χ0n) is 11.6. The summed E-state index contributed by atoms with van der Waals surface area (Å²) < 4.78 is 1.55. The molecule has 0 atom stereocenters. The summed E-state index contributed by atoms with van der Waals surface area (Å²) in [5, 5.41) is 4.72. The van der Waals surface area contributed by atoms with Crippen LogP contribution in [0.4, 0.5) is 0 Å². The van der Waals surface area contributed by atoms with Gasteiger partial charge in [-0.25, -0.2) is 0 Å². The standard InChI is InChI=1S/C7H10N2O2.C3H5NO.CH3.Am.BIS/c1-3-6(10)8-5-9-7(11)4-2;1-2-3(4)5;;;2-1-3/h3-4H,1-2,5H2,(H,8,10)(H,9,11);2H,1H2,(H2,4,5);1H3;;/q;;-1;;. The van der Waals surface area contributed by atoms with E-state index in [0.717, 1.165) is 18.2 Å². The first-order valence-electron chi connectivity index (χ1n) is 4.65. The molecular formula is C11H18AmBIN3O3S-. The van der Waals surface area contributed by atoms with Gasteiger partial charge in [-0.05, 0) is 18.2 Å². The first kappa shape index (κ1) is 32.1. The fourth-order valence-corrected chi connectivity index (χ4v) is 0.363. The van der Waals surface area contributed by atoms with E-state index in [0.29, 0.717) is 0 Å². The topological polar surface area (TPSA) is 101 Å². The van der Waals surface area contributed by atoms with Crippen LogP contribution >= 0.6 is 34.4 Å². The van der Waals surface area contributed by atoms with Crippen molar-refractivity contribution < 1.29 is 28.7 Å². The van der Waals surface area contributed by atoms with Gasteiger partial charge in [0, 0.05) is 14.3 Å².